The molecule has 3 heteroatoms. The number of hydrogen-bond acceptors (Lipinski definition) is 2. The fraction of sp³-hybridized carbons (Fsp3) is 0.545. The van der Waals surface area contributed by atoms with E-state index in [9.17, 15) is 0 Å². The minimum Gasteiger partial charge on any atom is -0.308 e. The lowest BCUT2D eigenvalue weighted by Gasteiger charge is -2.24. The van der Waals surface area contributed by atoms with Gasteiger partial charge in [-0.15, -0.1) is 0 Å². The summed E-state index contributed by atoms with van der Waals surface area (Å²) < 4.78 is 1.72. The molecule has 0 saturated carbocycles. The topological polar surface area (TPSA) is 29.9 Å². The summed E-state index contributed by atoms with van der Waals surface area (Å²) in [6.45, 7) is 11.1. The van der Waals surface area contributed by atoms with Crippen molar-refractivity contribution in [3.05, 3.63) is 24.5 Å². The van der Waals surface area contributed by atoms with Gasteiger partial charge in [0.05, 0.1) is 6.20 Å². The van der Waals surface area contributed by atoms with Gasteiger partial charge >= 0.3 is 0 Å². The van der Waals surface area contributed by atoms with E-state index >= 15 is 0 Å². The molecule has 1 heterocycles. The summed E-state index contributed by atoms with van der Waals surface area (Å²) in [5.41, 5.74) is 1.38. The average Bonchev–Trinajstić information content (AvgIpc) is 2.63. The number of rotatable bonds is 5. The molecule has 1 N–H and O–H groups in total. The highest BCUT2D eigenvalue weighted by atomic mass is 15.2. The number of aromatic nitrogens is 2. The van der Waals surface area contributed by atoms with Crippen molar-refractivity contribution in [2.24, 2.45) is 0 Å². The molecule has 14 heavy (non-hydrogen) atoms. The first-order valence-corrected chi connectivity index (χ1v) is 4.98. The van der Waals surface area contributed by atoms with E-state index in [1.54, 1.807) is 10.9 Å². The van der Waals surface area contributed by atoms with E-state index < -0.39 is 0 Å². The van der Waals surface area contributed by atoms with Crippen LogP contribution in [0.3, 0.4) is 0 Å². The number of hydrogen-bond donors (Lipinski definition) is 1. The summed E-state index contributed by atoms with van der Waals surface area (Å²) in [5.74, 6) is 0. The lowest BCUT2D eigenvalue weighted by atomic mass is 10.0. The molecule has 0 radical (unpaired) electrons. The fourth-order valence-electron chi connectivity index (χ4n) is 1.03. The largest absolute Gasteiger partial charge is 0.308 e. The van der Waals surface area contributed by atoms with Gasteiger partial charge in [0.1, 0.15) is 0 Å². The van der Waals surface area contributed by atoms with Crippen LogP contribution < -0.4 is 5.32 Å². The van der Waals surface area contributed by atoms with Crippen LogP contribution in [0.1, 0.15) is 32.8 Å². The zero-order chi connectivity index (χ0) is 10.6. The molecule has 1 aromatic heterocycles. The van der Waals surface area contributed by atoms with Gasteiger partial charge < -0.3 is 5.32 Å². The van der Waals surface area contributed by atoms with Crippen LogP contribution in [0.2, 0.25) is 0 Å². The van der Waals surface area contributed by atoms with Crippen molar-refractivity contribution < 1.29 is 0 Å². The molecule has 3 nitrogen and oxygen atoms in total. The molecule has 0 bridgehead atoms. The Bertz CT molecular complexity index is 299. The van der Waals surface area contributed by atoms with Crippen LogP contribution in [-0.2, 0) is 6.54 Å². The van der Waals surface area contributed by atoms with E-state index in [-0.39, 0.29) is 5.54 Å². The SMILES string of the molecule is C=Cn1cc(CNC(C)(C)CC)cn1. The predicted octanol–water partition coefficient (Wildman–Crippen LogP) is 2.26. The second-order valence-corrected chi connectivity index (χ2v) is 4.10. The van der Waals surface area contributed by atoms with Crippen molar-refractivity contribution in [2.75, 3.05) is 0 Å². The third-order valence-electron chi connectivity index (χ3n) is 2.50. The first-order chi connectivity index (χ1) is 6.57. The lowest BCUT2D eigenvalue weighted by Crippen LogP contribution is -2.37. The molecular weight excluding hydrogens is 174 g/mol. The van der Waals surface area contributed by atoms with Crippen LogP contribution in [0.4, 0.5) is 0 Å². The Balaban J connectivity index is 2.49. The normalized spacial score (nSPS) is 11.6. The lowest BCUT2D eigenvalue weighted by molar-refractivity contribution is 0.374. The van der Waals surface area contributed by atoms with Crippen molar-refractivity contribution in [3.8, 4) is 0 Å². The summed E-state index contributed by atoms with van der Waals surface area (Å²) in [4.78, 5) is 0. The standard InChI is InChI=1S/C11H19N3/c1-5-11(3,4)12-7-10-8-13-14(6-2)9-10/h6,8-9,12H,2,5,7H2,1,3-4H3. The van der Waals surface area contributed by atoms with Crippen molar-refractivity contribution in [1.82, 2.24) is 15.1 Å². The fourth-order valence-corrected chi connectivity index (χ4v) is 1.03. The molecule has 1 aromatic rings. The minimum absolute atomic E-state index is 0.191. The molecule has 0 aromatic carbocycles. The van der Waals surface area contributed by atoms with Gasteiger partial charge in [-0.1, -0.05) is 13.5 Å². The van der Waals surface area contributed by atoms with Gasteiger partial charge in [-0.2, -0.15) is 5.10 Å². The van der Waals surface area contributed by atoms with Crippen LogP contribution >= 0.6 is 0 Å². The van der Waals surface area contributed by atoms with Gasteiger partial charge in [0.25, 0.3) is 0 Å². The number of nitrogens with zero attached hydrogens (tertiary/aromatic N) is 2. The van der Waals surface area contributed by atoms with Gasteiger partial charge in [-0.05, 0) is 20.3 Å². The van der Waals surface area contributed by atoms with Gasteiger partial charge in [-0.3, -0.25) is 0 Å². The van der Waals surface area contributed by atoms with E-state index in [1.807, 2.05) is 12.4 Å². The smallest absolute Gasteiger partial charge is 0.0538 e. The summed E-state index contributed by atoms with van der Waals surface area (Å²) >= 11 is 0. The van der Waals surface area contributed by atoms with Crippen LogP contribution in [-0.4, -0.2) is 15.3 Å². The second-order valence-electron chi connectivity index (χ2n) is 4.10. The van der Waals surface area contributed by atoms with E-state index in [2.05, 4.69) is 37.8 Å². The molecule has 0 atom stereocenters. The summed E-state index contributed by atoms with van der Waals surface area (Å²) in [7, 11) is 0. The van der Waals surface area contributed by atoms with E-state index in [1.165, 1.54) is 5.56 Å². The summed E-state index contributed by atoms with van der Waals surface area (Å²) in [6, 6.07) is 0. The third kappa shape index (κ3) is 3.00. The third-order valence-corrected chi connectivity index (χ3v) is 2.50. The van der Waals surface area contributed by atoms with Crippen LogP contribution in [0, 0.1) is 0 Å². The molecule has 0 aliphatic carbocycles. The highest BCUT2D eigenvalue weighted by molar-refractivity contribution is 5.17. The second kappa shape index (κ2) is 4.42. The van der Waals surface area contributed by atoms with Crippen molar-refractivity contribution in [3.63, 3.8) is 0 Å². The Kier molecular flexibility index (Phi) is 3.47. The molecule has 0 unspecified atom stereocenters. The zero-order valence-electron chi connectivity index (χ0n) is 9.25. The van der Waals surface area contributed by atoms with Crippen molar-refractivity contribution in [1.29, 1.82) is 0 Å². The van der Waals surface area contributed by atoms with E-state index in [4.69, 9.17) is 0 Å². The Morgan fingerprint density at radius 1 is 1.64 bits per heavy atom. The molecule has 0 spiro atoms. The molecule has 0 aliphatic rings. The van der Waals surface area contributed by atoms with Crippen LogP contribution in [0.5, 0.6) is 0 Å². The van der Waals surface area contributed by atoms with E-state index in [0.29, 0.717) is 0 Å². The summed E-state index contributed by atoms with van der Waals surface area (Å²) in [6.07, 6.45) is 6.64. The Labute approximate surface area is 85.8 Å². The average molecular weight is 193 g/mol. The van der Waals surface area contributed by atoms with Crippen molar-refractivity contribution in [2.45, 2.75) is 39.3 Å². The molecular formula is C11H19N3. The number of nitrogens with one attached hydrogen (secondary N) is 1. The van der Waals surface area contributed by atoms with E-state index in [0.717, 1.165) is 13.0 Å². The van der Waals surface area contributed by atoms with Crippen molar-refractivity contribution >= 4 is 6.20 Å². The maximum atomic E-state index is 4.12. The molecule has 0 saturated heterocycles. The maximum absolute atomic E-state index is 4.12. The predicted molar refractivity (Wildman–Crippen MR) is 59.8 cm³/mol. The zero-order valence-corrected chi connectivity index (χ0v) is 9.25. The minimum atomic E-state index is 0.191. The quantitative estimate of drug-likeness (QED) is 0.777. The Morgan fingerprint density at radius 2 is 2.36 bits per heavy atom. The molecule has 78 valence electrons. The monoisotopic (exact) mass is 193 g/mol. The van der Waals surface area contributed by atoms with Gasteiger partial charge in [0.15, 0.2) is 0 Å². The van der Waals surface area contributed by atoms with Gasteiger partial charge in [0, 0.05) is 30.0 Å². The maximum Gasteiger partial charge on any atom is 0.0538 e. The Hall–Kier alpha value is -1.09. The summed E-state index contributed by atoms with van der Waals surface area (Å²) in [5, 5.41) is 7.59. The van der Waals surface area contributed by atoms with Gasteiger partial charge in [-0.25, -0.2) is 4.68 Å². The molecule has 0 amide bonds. The van der Waals surface area contributed by atoms with Crippen LogP contribution in [0.25, 0.3) is 6.20 Å². The first-order valence-electron chi connectivity index (χ1n) is 4.98. The Morgan fingerprint density at radius 3 is 2.86 bits per heavy atom. The van der Waals surface area contributed by atoms with Gasteiger partial charge in [0.2, 0.25) is 0 Å². The molecule has 1 rings (SSSR count). The first kappa shape index (κ1) is 11.0. The highest BCUT2D eigenvalue weighted by Gasteiger charge is 2.13. The molecule has 0 fully saturated rings. The molecule has 0 aliphatic heterocycles. The van der Waals surface area contributed by atoms with Crippen LogP contribution in [0.15, 0.2) is 19.0 Å². The highest BCUT2D eigenvalue weighted by Crippen LogP contribution is 2.08.